The normalized spacial score (nSPS) is 14.5. The standard InChI is InChI=1S/C13H27N3O3/c1-6-10(2)14-13(19)11(3)16(9-12(17)18)8-7-15(4)5/h10-11H,6-9H2,1-5H3,(H,14,19)(H,17,18). The topological polar surface area (TPSA) is 72.9 Å². The second-order valence-electron chi connectivity index (χ2n) is 5.16. The van der Waals surface area contributed by atoms with Crippen molar-refractivity contribution in [3.05, 3.63) is 0 Å². The first-order valence-corrected chi connectivity index (χ1v) is 6.68. The highest BCUT2D eigenvalue weighted by molar-refractivity contribution is 5.82. The Morgan fingerprint density at radius 3 is 2.21 bits per heavy atom. The summed E-state index contributed by atoms with van der Waals surface area (Å²) in [7, 11) is 3.84. The van der Waals surface area contributed by atoms with Crippen LogP contribution in [0, 0.1) is 0 Å². The molecule has 0 bridgehead atoms. The summed E-state index contributed by atoms with van der Waals surface area (Å²) in [6, 6.07) is -0.333. The van der Waals surface area contributed by atoms with Crippen molar-refractivity contribution in [3.63, 3.8) is 0 Å². The van der Waals surface area contributed by atoms with Gasteiger partial charge in [0.05, 0.1) is 12.6 Å². The highest BCUT2D eigenvalue weighted by Crippen LogP contribution is 2.01. The Bertz CT molecular complexity index is 295. The molecule has 0 saturated carbocycles. The van der Waals surface area contributed by atoms with Crippen molar-refractivity contribution in [2.75, 3.05) is 33.7 Å². The summed E-state index contributed by atoms with van der Waals surface area (Å²) in [5, 5.41) is 11.8. The average Bonchev–Trinajstić information content (AvgIpc) is 2.32. The molecule has 2 atom stereocenters. The number of carboxylic acids is 1. The first-order valence-electron chi connectivity index (χ1n) is 6.68. The van der Waals surface area contributed by atoms with Crippen LogP contribution in [0.5, 0.6) is 0 Å². The minimum Gasteiger partial charge on any atom is -0.480 e. The number of hydrogen-bond acceptors (Lipinski definition) is 4. The number of carbonyl (C=O) groups is 2. The van der Waals surface area contributed by atoms with Gasteiger partial charge in [-0.05, 0) is 34.4 Å². The number of likely N-dealkylation sites (N-methyl/N-ethyl adjacent to an activating group) is 1. The fraction of sp³-hybridized carbons (Fsp3) is 0.846. The summed E-state index contributed by atoms with van der Waals surface area (Å²) >= 11 is 0. The largest absolute Gasteiger partial charge is 0.480 e. The molecule has 0 rings (SSSR count). The van der Waals surface area contributed by atoms with Crippen LogP contribution in [0.3, 0.4) is 0 Å². The van der Waals surface area contributed by atoms with E-state index in [0.29, 0.717) is 13.1 Å². The number of rotatable bonds is 9. The van der Waals surface area contributed by atoms with Crippen LogP contribution in [-0.4, -0.2) is 72.6 Å². The minimum atomic E-state index is -0.915. The summed E-state index contributed by atoms with van der Waals surface area (Å²) in [6.45, 7) is 6.82. The predicted octanol–water partition coefficient (Wildman–Crippen LogP) is 0.238. The smallest absolute Gasteiger partial charge is 0.317 e. The molecule has 6 heteroatoms. The van der Waals surface area contributed by atoms with Gasteiger partial charge in [-0.1, -0.05) is 6.92 Å². The molecular formula is C13H27N3O3. The van der Waals surface area contributed by atoms with Gasteiger partial charge in [0, 0.05) is 19.1 Å². The zero-order chi connectivity index (χ0) is 15.0. The third-order valence-electron chi connectivity index (χ3n) is 3.10. The maximum Gasteiger partial charge on any atom is 0.317 e. The second kappa shape index (κ2) is 8.87. The van der Waals surface area contributed by atoms with Crippen LogP contribution in [0.1, 0.15) is 27.2 Å². The Kier molecular flexibility index (Phi) is 8.34. The van der Waals surface area contributed by atoms with E-state index in [1.165, 1.54) is 0 Å². The number of carbonyl (C=O) groups excluding carboxylic acids is 1. The minimum absolute atomic E-state index is 0.107. The molecule has 0 spiro atoms. The summed E-state index contributed by atoms with van der Waals surface area (Å²) < 4.78 is 0. The van der Waals surface area contributed by atoms with Crippen molar-refractivity contribution < 1.29 is 14.7 Å². The zero-order valence-corrected chi connectivity index (χ0v) is 12.6. The number of nitrogens with zero attached hydrogens (tertiary/aromatic N) is 2. The maximum atomic E-state index is 12.0. The van der Waals surface area contributed by atoms with Gasteiger partial charge < -0.3 is 15.3 Å². The Morgan fingerprint density at radius 1 is 1.21 bits per heavy atom. The zero-order valence-electron chi connectivity index (χ0n) is 12.6. The summed E-state index contributed by atoms with van der Waals surface area (Å²) in [5.74, 6) is -1.03. The molecule has 2 unspecified atom stereocenters. The second-order valence-corrected chi connectivity index (χ2v) is 5.16. The number of amides is 1. The van der Waals surface area contributed by atoms with Crippen LogP contribution in [-0.2, 0) is 9.59 Å². The molecule has 0 aromatic carbocycles. The molecule has 0 radical (unpaired) electrons. The molecule has 112 valence electrons. The van der Waals surface area contributed by atoms with E-state index in [-0.39, 0.29) is 18.5 Å². The lowest BCUT2D eigenvalue weighted by Crippen LogP contribution is -2.50. The Balaban J connectivity index is 4.54. The summed E-state index contributed by atoms with van der Waals surface area (Å²) in [5.41, 5.74) is 0. The number of carboxylic acid groups (broad SMARTS) is 1. The van der Waals surface area contributed by atoms with E-state index in [4.69, 9.17) is 5.11 Å². The van der Waals surface area contributed by atoms with Crippen LogP contribution in [0.4, 0.5) is 0 Å². The first kappa shape index (κ1) is 17.9. The first-order chi connectivity index (χ1) is 8.77. The SMILES string of the molecule is CCC(C)NC(=O)C(C)N(CCN(C)C)CC(=O)O. The highest BCUT2D eigenvalue weighted by Gasteiger charge is 2.23. The molecule has 0 saturated heterocycles. The van der Waals surface area contributed by atoms with E-state index < -0.39 is 12.0 Å². The van der Waals surface area contributed by atoms with Crippen LogP contribution >= 0.6 is 0 Å². The van der Waals surface area contributed by atoms with Gasteiger partial charge in [-0.2, -0.15) is 0 Å². The van der Waals surface area contributed by atoms with Gasteiger partial charge in [-0.15, -0.1) is 0 Å². The monoisotopic (exact) mass is 273 g/mol. The van der Waals surface area contributed by atoms with Gasteiger partial charge in [0.25, 0.3) is 0 Å². The van der Waals surface area contributed by atoms with Crippen molar-refractivity contribution in [2.24, 2.45) is 0 Å². The quantitative estimate of drug-likeness (QED) is 0.629. The Hall–Kier alpha value is -1.14. The highest BCUT2D eigenvalue weighted by atomic mass is 16.4. The summed E-state index contributed by atoms with van der Waals surface area (Å²) in [4.78, 5) is 26.5. The molecule has 0 aliphatic carbocycles. The number of hydrogen-bond donors (Lipinski definition) is 2. The van der Waals surface area contributed by atoms with Gasteiger partial charge in [-0.25, -0.2) is 0 Å². The lowest BCUT2D eigenvalue weighted by molar-refractivity contribution is -0.140. The van der Waals surface area contributed by atoms with Crippen LogP contribution in [0.25, 0.3) is 0 Å². The maximum absolute atomic E-state index is 12.0. The number of nitrogens with one attached hydrogen (secondary N) is 1. The van der Waals surface area contributed by atoms with Gasteiger partial charge >= 0.3 is 5.97 Å². The molecular weight excluding hydrogens is 246 g/mol. The molecule has 6 nitrogen and oxygen atoms in total. The molecule has 1 amide bonds. The van der Waals surface area contributed by atoms with E-state index in [0.717, 1.165) is 6.42 Å². The fourth-order valence-corrected chi connectivity index (χ4v) is 1.54. The van der Waals surface area contributed by atoms with Crippen molar-refractivity contribution in [3.8, 4) is 0 Å². The van der Waals surface area contributed by atoms with Gasteiger partial charge in [0.1, 0.15) is 0 Å². The van der Waals surface area contributed by atoms with E-state index in [1.54, 1.807) is 11.8 Å². The van der Waals surface area contributed by atoms with E-state index in [1.807, 2.05) is 32.8 Å². The van der Waals surface area contributed by atoms with E-state index >= 15 is 0 Å². The van der Waals surface area contributed by atoms with Gasteiger partial charge in [-0.3, -0.25) is 14.5 Å². The number of aliphatic carboxylic acids is 1. The molecule has 19 heavy (non-hydrogen) atoms. The van der Waals surface area contributed by atoms with Gasteiger partial charge in [0.2, 0.25) is 5.91 Å². The molecule has 0 aliphatic rings. The van der Waals surface area contributed by atoms with Crippen molar-refractivity contribution in [1.82, 2.24) is 15.1 Å². The van der Waals surface area contributed by atoms with E-state index in [2.05, 4.69) is 5.32 Å². The molecule has 0 aromatic heterocycles. The van der Waals surface area contributed by atoms with Crippen molar-refractivity contribution in [1.29, 1.82) is 0 Å². The van der Waals surface area contributed by atoms with Crippen LogP contribution < -0.4 is 5.32 Å². The van der Waals surface area contributed by atoms with Crippen molar-refractivity contribution in [2.45, 2.75) is 39.3 Å². The molecule has 0 aromatic rings. The molecule has 0 fully saturated rings. The predicted molar refractivity (Wildman–Crippen MR) is 75.1 cm³/mol. The lowest BCUT2D eigenvalue weighted by atomic mass is 10.2. The lowest BCUT2D eigenvalue weighted by Gasteiger charge is -2.28. The Morgan fingerprint density at radius 2 is 1.79 bits per heavy atom. The molecule has 2 N–H and O–H groups in total. The van der Waals surface area contributed by atoms with Crippen molar-refractivity contribution >= 4 is 11.9 Å². The molecule has 0 heterocycles. The third kappa shape index (κ3) is 7.79. The van der Waals surface area contributed by atoms with Crippen LogP contribution in [0.15, 0.2) is 0 Å². The molecule has 0 aliphatic heterocycles. The third-order valence-corrected chi connectivity index (χ3v) is 3.10. The fourth-order valence-electron chi connectivity index (χ4n) is 1.54. The van der Waals surface area contributed by atoms with Gasteiger partial charge in [0.15, 0.2) is 0 Å². The summed E-state index contributed by atoms with van der Waals surface area (Å²) in [6.07, 6.45) is 0.856. The van der Waals surface area contributed by atoms with E-state index in [9.17, 15) is 9.59 Å². The average molecular weight is 273 g/mol. The Labute approximate surface area is 115 Å². The van der Waals surface area contributed by atoms with Crippen LogP contribution in [0.2, 0.25) is 0 Å².